The van der Waals surface area contributed by atoms with Crippen molar-refractivity contribution >= 4 is 40.5 Å². The second kappa shape index (κ2) is 8.32. The van der Waals surface area contributed by atoms with E-state index in [9.17, 15) is 4.79 Å². The van der Waals surface area contributed by atoms with E-state index >= 15 is 0 Å². The monoisotopic (exact) mass is 403 g/mol. The molecule has 0 spiro atoms. The summed E-state index contributed by atoms with van der Waals surface area (Å²) in [6.45, 7) is 5.30. The molecule has 0 saturated heterocycles. The number of halogens is 2. The Morgan fingerprint density at radius 3 is 2.30 bits per heavy atom. The van der Waals surface area contributed by atoms with E-state index in [4.69, 9.17) is 28.3 Å². The molecule has 1 unspecified atom stereocenters. The van der Waals surface area contributed by atoms with Gasteiger partial charge in [0.05, 0.1) is 5.71 Å². The summed E-state index contributed by atoms with van der Waals surface area (Å²) in [5.74, 6) is -0.0997. The minimum absolute atomic E-state index is 0.0941. The number of hydrogen-bond acceptors (Lipinski definition) is 3. The van der Waals surface area contributed by atoms with Crippen LogP contribution in [0.2, 0.25) is 10.0 Å². The van der Waals surface area contributed by atoms with E-state index in [1.54, 1.807) is 24.3 Å². The van der Waals surface area contributed by atoms with Crippen LogP contribution in [0.5, 0.6) is 0 Å². The standard InChI is InChI=1S/C21H23Cl2N3O/c1-3-12-21(2)14-26(25-20(21)15-4-6-16(22)7-5-15)13-19(27)24-18-10-8-17(23)9-11-18/h4-11H,3,12-14H2,1-2H3,(H,24,27). The van der Waals surface area contributed by atoms with Gasteiger partial charge in [-0.3, -0.25) is 9.80 Å². The van der Waals surface area contributed by atoms with Gasteiger partial charge >= 0.3 is 0 Å². The first-order valence-corrected chi connectivity index (χ1v) is 9.80. The molecule has 142 valence electrons. The van der Waals surface area contributed by atoms with Gasteiger partial charge < -0.3 is 5.32 Å². The van der Waals surface area contributed by atoms with Crippen LogP contribution in [0.25, 0.3) is 0 Å². The molecule has 1 aliphatic heterocycles. The van der Waals surface area contributed by atoms with Crippen LogP contribution in [0.15, 0.2) is 53.6 Å². The summed E-state index contributed by atoms with van der Waals surface area (Å²) in [7, 11) is 0. The fourth-order valence-electron chi connectivity index (χ4n) is 3.53. The van der Waals surface area contributed by atoms with E-state index in [-0.39, 0.29) is 17.9 Å². The normalized spacial score (nSPS) is 19.1. The molecule has 1 aliphatic rings. The predicted octanol–water partition coefficient (Wildman–Crippen LogP) is 5.46. The molecule has 1 heterocycles. The van der Waals surface area contributed by atoms with Crippen molar-refractivity contribution in [1.29, 1.82) is 0 Å². The Labute approximate surface area is 170 Å². The number of nitrogens with zero attached hydrogens (tertiary/aromatic N) is 2. The third-order valence-electron chi connectivity index (χ3n) is 4.72. The zero-order chi connectivity index (χ0) is 19.4. The molecule has 6 heteroatoms. The Morgan fingerprint density at radius 1 is 1.11 bits per heavy atom. The van der Waals surface area contributed by atoms with Crippen molar-refractivity contribution in [2.75, 3.05) is 18.4 Å². The molecule has 0 aliphatic carbocycles. The molecule has 1 atom stereocenters. The quantitative estimate of drug-likeness (QED) is 0.695. The Bertz CT molecular complexity index is 834. The van der Waals surface area contributed by atoms with E-state index in [1.807, 2.05) is 29.3 Å². The molecule has 3 rings (SSSR count). The molecular weight excluding hydrogens is 381 g/mol. The molecule has 2 aromatic rings. The maximum Gasteiger partial charge on any atom is 0.245 e. The van der Waals surface area contributed by atoms with Gasteiger partial charge in [-0.05, 0) is 48.4 Å². The van der Waals surface area contributed by atoms with Crippen LogP contribution in [0, 0.1) is 5.41 Å². The molecule has 1 amide bonds. The lowest BCUT2D eigenvalue weighted by atomic mass is 9.78. The first-order valence-electron chi connectivity index (χ1n) is 9.05. The smallest absolute Gasteiger partial charge is 0.245 e. The van der Waals surface area contributed by atoms with Crippen molar-refractivity contribution in [3.05, 3.63) is 64.1 Å². The van der Waals surface area contributed by atoms with Crippen LogP contribution >= 0.6 is 23.2 Å². The summed E-state index contributed by atoms with van der Waals surface area (Å²) in [6, 6.07) is 14.8. The molecule has 0 bridgehead atoms. The number of amides is 1. The Balaban J connectivity index is 1.74. The van der Waals surface area contributed by atoms with Gasteiger partial charge in [-0.25, -0.2) is 0 Å². The molecule has 0 saturated carbocycles. The van der Waals surface area contributed by atoms with E-state index in [0.29, 0.717) is 16.6 Å². The Kier molecular flexibility index (Phi) is 6.08. The van der Waals surface area contributed by atoms with Crippen LogP contribution in [-0.2, 0) is 4.79 Å². The number of benzene rings is 2. The highest BCUT2D eigenvalue weighted by molar-refractivity contribution is 6.31. The summed E-state index contributed by atoms with van der Waals surface area (Å²) in [6.07, 6.45) is 2.05. The number of rotatable bonds is 6. The van der Waals surface area contributed by atoms with Crippen molar-refractivity contribution in [2.45, 2.75) is 26.7 Å². The average molecular weight is 404 g/mol. The van der Waals surface area contributed by atoms with Crippen LogP contribution in [0.3, 0.4) is 0 Å². The molecule has 4 nitrogen and oxygen atoms in total. The second-order valence-electron chi connectivity index (χ2n) is 7.14. The van der Waals surface area contributed by atoms with Gasteiger partial charge in [0.2, 0.25) is 5.91 Å². The van der Waals surface area contributed by atoms with Crippen molar-refractivity contribution in [3.8, 4) is 0 Å². The van der Waals surface area contributed by atoms with Gasteiger partial charge in [0, 0.05) is 27.7 Å². The lowest BCUT2D eigenvalue weighted by molar-refractivity contribution is -0.117. The number of hydrazone groups is 1. The maximum absolute atomic E-state index is 12.4. The number of hydrogen-bond donors (Lipinski definition) is 1. The Hall–Kier alpha value is -2.04. The van der Waals surface area contributed by atoms with Gasteiger partial charge in [-0.15, -0.1) is 0 Å². The number of carbonyl (C=O) groups is 1. The molecule has 0 aromatic heterocycles. The fourth-order valence-corrected chi connectivity index (χ4v) is 3.78. The van der Waals surface area contributed by atoms with Gasteiger partial charge in [0.25, 0.3) is 0 Å². The van der Waals surface area contributed by atoms with Crippen molar-refractivity contribution < 1.29 is 4.79 Å². The van der Waals surface area contributed by atoms with Crippen molar-refractivity contribution in [2.24, 2.45) is 10.5 Å². The average Bonchev–Trinajstić information content (AvgIpc) is 2.94. The van der Waals surface area contributed by atoms with Crippen LogP contribution in [0.1, 0.15) is 32.3 Å². The SMILES string of the molecule is CCCC1(C)CN(CC(=O)Nc2ccc(Cl)cc2)N=C1c1ccc(Cl)cc1. The largest absolute Gasteiger partial charge is 0.324 e. The highest BCUT2D eigenvalue weighted by atomic mass is 35.5. The highest BCUT2D eigenvalue weighted by Gasteiger charge is 2.38. The van der Waals surface area contributed by atoms with E-state index in [1.165, 1.54) is 0 Å². The van der Waals surface area contributed by atoms with Crippen molar-refractivity contribution in [1.82, 2.24) is 5.01 Å². The molecule has 0 radical (unpaired) electrons. The summed E-state index contributed by atoms with van der Waals surface area (Å²) in [4.78, 5) is 12.4. The topological polar surface area (TPSA) is 44.7 Å². The zero-order valence-electron chi connectivity index (χ0n) is 15.5. The minimum Gasteiger partial charge on any atom is -0.324 e. The van der Waals surface area contributed by atoms with Crippen LogP contribution < -0.4 is 5.32 Å². The lowest BCUT2D eigenvalue weighted by Gasteiger charge is -2.26. The van der Waals surface area contributed by atoms with E-state index in [0.717, 1.165) is 29.8 Å². The maximum atomic E-state index is 12.4. The lowest BCUT2D eigenvalue weighted by Crippen LogP contribution is -2.34. The molecule has 0 fully saturated rings. The molecular formula is C21H23Cl2N3O. The molecule has 27 heavy (non-hydrogen) atoms. The summed E-state index contributed by atoms with van der Waals surface area (Å²) in [5.41, 5.74) is 2.70. The fraction of sp³-hybridized carbons (Fsp3) is 0.333. The van der Waals surface area contributed by atoms with Crippen LogP contribution in [-0.4, -0.2) is 29.7 Å². The summed E-state index contributed by atoms with van der Waals surface area (Å²) < 4.78 is 0. The van der Waals surface area contributed by atoms with Gasteiger partial charge in [0.1, 0.15) is 6.54 Å². The predicted molar refractivity (Wildman–Crippen MR) is 113 cm³/mol. The highest BCUT2D eigenvalue weighted by Crippen LogP contribution is 2.35. The van der Waals surface area contributed by atoms with Gasteiger partial charge in [-0.2, -0.15) is 5.10 Å². The van der Waals surface area contributed by atoms with Gasteiger partial charge in [-0.1, -0.05) is 55.6 Å². The van der Waals surface area contributed by atoms with Crippen LogP contribution in [0.4, 0.5) is 5.69 Å². The first-order chi connectivity index (χ1) is 12.9. The second-order valence-corrected chi connectivity index (χ2v) is 8.02. The summed E-state index contributed by atoms with van der Waals surface area (Å²) >= 11 is 11.9. The minimum atomic E-state index is -0.0997. The Morgan fingerprint density at radius 2 is 1.70 bits per heavy atom. The van der Waals surface area contributed by atoms with Crippen molar-refractivity contribution in [3.63, 3.8) is 0 Å². The molecule has 1 N–H and O–H groups in total. The van der Waals surface area contributed by atoms with E-state index < -0.39 is 0 Å². The number of nitrogens with one attached hydrogen (secondary N) is 1. The number of anilines is 1. The summed E-state index contributed by atoms with van der Waals surface area (Å²) in [5, 5.41) is 10.9. The zero-order valence-corrected chi connectivity index (χ0v) is 17.0. The van der Waals surface area contributed by atoms with Gasteiger partial charge in [0.15, 0.2) is 0 Å². The molecule has 2 aromatic carbocycles. The first kappa shape index (κ1) is 19.7. The third-order valence-corrected chi connectivity index (χ3v) is 5.22. The van der Waals surface area contributed by atoms with E-state index in [2.05, 4.69) is 19.2 Å². The third kappa shape index (κ3) is 4.82. The number of carbonyl (C=O) groups excluding carboxylic acids is 1.